The summed E-state index contributed by atoms with van der Waals surface area (Å²) in [6.45, 7) is 2.64. The van der Waals surface area contributed by atoms with E-state index < -0.39 is 0 Å². The molecule has 0 heterocycles. The molecule has 0 bridgehead atoms. The van der Waals surface area contributed by atoms with Crippen LogP contribution in [0.15, 0.2) is 24.3 Å². The van der Waals surface area contributed by atoms with Gasteiger partial charge in [-0.25, -0.2) is 0 Å². The second kappa shape index (κ2) is 4.24. The van der Waals surface area contributed by atoms with Crippen LogP contribution in [0.1, 0.15) is 24.1 Å². The van der Waals surface area contributed by atoms with Gasteiger partial charge in [0.1, 0.15) is 0 Å². The van der Waals surface area contributed by atoms with E-state index in [-0.39, 0.29) is 6.04 Å². The SMILES string of the molecule is CCc1ccc([C@H](N)CN)cc1. The molecular formula is C10H16N2. The summed E-state index contributed by atoms with van der Waals surface area (Å²) in [7, 11) is 0. The summed E-state index contributed by atoms with van der Waals surface area (Å²) in [5.41, 5.74) is 13.7. The highest BCUT2D eigenvalue weighted by Crippen LogP contribution is 2.10. The van der Waals surface area contributed by atoms with Crippen LogP contribution >= 0.6 is 0 Å². The smallest absolute Gasteiger partial charge is 0.0419 e. The fourth-order valence-corrected chi connectivity index (χ4v) is 1.14. The average Bonchev–Trinajstić information content (AvgIpc) is 2.17. The van der Waals surface area contributed by atoms with E-state index >= 15 is 0 Å². The van der Waals surface area contributed by atoms with Crippen LogP contribution in [0, 0.1) is 0 Å². The fraction of sp³-hybridized carbons (Fsp3) is 0.400. The van der Waals surface area contributed by atoms with Crippen molar-refractivity contribution in [1.29, 1.82) is 0 Å². The molecule has 0 aliphatic heterocycles. The summed E-state index contributed by atoms with van der Waals surface area (Å²) in [5, 5.41) is 0. The summed E-state index contributed by atoms with van der Waals surface area (Å²) in [6.07, 6.45) is 1.07. The van der Waals surface area contributed by atoms with Gasteiger partial charge in [0.25, 0.3) is 0 Å². The van der Waals surface area contributed by atoms with Crippen LogP contribution in [0.25, 0.3) is 0 Å². The van der Waals surface area contributed by atoms with E-state index in [1.54, 1.807) is 0 Å². The molecule has 1 atom stereocenters. The van der Waals surface area contributed by atoms with Gasteiger partial charge in [-0.2, -0.15) is 0 Å². The molecule has 0 saturated heterocycles. The third kappa shape index (κ3) is 2.06. The average molecular weight is 164 g/mol. The molecule has 0 spiro atoms. The minimum absolute atomic E-state index is 0.0177. The number of aryl methyl sites for hydroxylation is 1. The van der Waals surface area contributed by atoms with Gasteiger partial charge < -0.3 is 11.5 Å². The van der Waals surface area contributed by atoms with Gasteiger partial charge in [0.15, 0.2) is 0 Å². The molecule has 12 heavy (non-hydrogen) atoms. The Morgan fingerprint density at radius 3 is 2.25 bits per heavy atom. The van der Waals surface area contributed by atoms with Gasteiger partial charge in [-0.15, -0.1) is 0 Å². The lowest BCUT2D eigenvalue weighted by atomic mass is 10.0. The lowest BCUT2D eigenvalue weighted by molar-refractivity contribution is 0.736. The number of hydrogen-bond donors (Lipinski definition) is 2. The maximum atomic E-state index is 5.76. The van der Waals surface area contributed by atoms with Gasteiger partial charge in [-0.05, 0) is 17.5 Å². The van der Waals surface area contributed by atoms with Crippen LogP contribution in [0.5, 0.6) is 0 Å². The van der Waals surface area contributed by atoms with E-state index in [0.717, 1.165) is 12.0 Å². The molecule has 0 amide bonds. The Hall–Kier alpha value is -0.860. The predicted molar refractivity (Wildman–Crippen MR) is 51.8 cm³/mol. The molecule has 0 radical (unpaired) electrons. The molecule has 0 aliphatic carbocycles. The second-order valence-electron chi connectivity index (χ2n) is 2.94. The maximum Gasteiger partial charge on any atom is 0.0419 e. The van der Waals surface area contributed by atoms with Crippen LogP contribution in [0.3, 0.4) is 0 Å². The lowest BCUT2D eigenvalue weighted by Crippen LogP contribution is -2.20. The first kappa shape index (κ1) is 9.23. The van der Waals surface area contributed by atoms with Crippen molar-refractivity contribution in [1.82, 2.24) is 0 Å². The maximum absolute atomic E-state index is 5.76. The molecule has 2 nitrogen and oxygen atoms in total. The zero-order chi connectivity index (χ0) is 8.97. The third-order valence-electron chi connectivity index (χ3n) is 2.07. The van der Waals surface area contributed by atoms with Gasteiger partial charge in [0, 0.05) is 12.6 Å². The molecular weight excluding hydrogens is 148 g/mol. The van der Waals surface area contributed by atoms with E-state index in [1.165, 1.54) is 5.56 Å². The van der Waals surface area contributed by atoms with Crippen LogP contribution in [-0.2, 0) is 6.42 Å². The van der Waals surface area contributed by atoms with Gasteiger partial charge in [-0.3, -0.25) is 0 Å². The normalized spacial score (nSPS) is 12.9. The Morgan fingerprint density at radius 1 is 1.25 bits per heavy atom. The minimum Gasteiger partial charge on any atom is -0.329 e. The summed E-state index contributed by atoms with van der Waals surface area (Å²) in [5.74, 6) is 0. The first-order valence-electron chi connectivity index (χ1n) is 4.32. The molecule has 1 rings (SSSR count). The van der Waals surface area contributed by atoms with E-state index in [1.807, 2.05) is 0 Å². The Bertz CT molecular complexity index is 228. The van der Waals surface area contributed by atoms with Crippen LogP contribution < -0.4 is 11.5 Å². The summed E-state index contributed by atoms with van der Waals surface area (Å²) in [6, 6.07) is 8.29. The molecule has 2 heteroatoms. The standard InChI is InChI=1S/C10H16N2/c1-2-8-3-5-9(6-4-8)10(12)7-11/h3-6,10H,2,7,11-12H2,1H3/t10-/m1/s1. The highest BCUT2D eigenvalue weighted by Gasteiger charge is 2.01. The molecule has 1 aromatic rings. The first-order valence-corrected chi connectivity index (χ1v) is 4.32. The Kier molecular flexibility index (Phi) is 3.26. The molecule has 0 unspecified atom stereocenters. The van der Waals surface area contributed by atoms with Crippen molar-refractivity contribution in [2.45, 2.75) is 19.4 Å². The van der Waals surface area contributed by atoms with Crippen LogP contribution in [0.2, 0.25) is 0 Å². The van der Waals surface area contributed by atoms with Crippen molar-refractivity contribution < 1.29 is 0 Å². The zero-order valence-electron chi connectivity index (χ0n) is 7.46. The molecule has 66 valence electrons. The van der Waals surface area contributed by atoms with Crippen molar-refractivity contribution in [3.8, 4) is 0 Å². The van der Waals surface area contributed by atoms with Crippen LogP contribution in [0.4, 0.5) is 0 Å². The topological polar surface area (TPSA) is 52.0 Å². The first-order chi connectivity index (χ1) is 5.77. The second-order valence-corrected chi connectivity index (χ2v) is 2.94. The number of nitrogens with two attached hydrogens (primary N) is 2. The minimum atomic E-state index is -0.0177. The fourth-order valence-electron chi connectivity index (χ4n) is 1.14. The van der Waals surface area contributed by atoms with Crippen molar-refractivity contribution in [2.75, 3.05) is 6.54 Å². The van der Waals surface area contributed by atoms with Gasteiger partial charge in [0.05, 0.1) is 0 Å². The van der Waals surface area contributed by atoms with Gasteiger partial charge in [-0.1, -0.05) is 31.2 Å². The van der Waals surface area contributed by atoms with Crippen molar-refractivity contribution in [2.24, 2.45) is 11.5 Å². The number of benzene rings is 1. The monoisotopic (exact) mass is 164 g/mol. The van der Waals surface area contributed by atoms with E-state index in [4.69, 9.17) is 11.5 Å². The summed E-state index contributed by atoms with van der Waals surface area (Å²) < 4.78 is 0. The number of rotatable bonds is 3. The number of hydrogen-bond acceptors (Lipinski definition) is 2. The quantitative estimate of drug-likeness (QED) is 0.705. The highest BCUT2D eigenvalue weighted by molar-refractivity contribution is 5.24. The molecule has 0 aromatic heterocycles. The lowest BCUT2D eigenvalue weighted by Gasteiger charge is -2.08. The van der Waals surface area contributed by atoms with E-state index in [0.29, 0.717) is 6.54 Å². The Morgan fingerprint density at radius 2 is 1.83 bits per heavy atom. The van der Waals surface area contributed by atoms with Crippen molar-refractivity contribution >= 4 is 0 Å². The zero-order valence-corrected chi connectivity index (χ0v) is 7.46. The Balaban J connectivity index is 2.77. The molecule has 0 aliphatic rings. The third-order valence-corrected chi connectivity index (χ3v) is 2.07. The van der Waals surface area contributed by atoms with Gasteiger partial charge in [0.2, 0.25) is 0 Å². The van der Waals surface area contributed by atoms with Crippen molar-refractivity contribution in [3.63, 3.8) is 0 Å². The summed E-state index contributed by atoms with van der Waals surface area (Å²) in [4.78, 5) is 0. The van der Waals surface area contributed by atoms with Crippen LogP contribution in [-0.4, -0.2) is 6.54 Å². The molecule has 0 fully saturated rings. The molecule has 1 aromatic carbocycles. The Labute approximate surface area is 73.6 Å². The van der Waals surface area contributed by atoms with Gasteiger partial charge >= 0.3 is 0 Å². The molecule has 4 N–H and O–H groups in total. The van der Waals surface area contributed by atoms with E-state index in [9.17, 15) is 0 Å². The van der Waals surface area contributed by atoms with Crippen molar-refractivity contribution in [3.05, 3.63) is 35.4 Å². The van der Waals surface area contributed by atoms with E-state index in [2.05, 4.69) is 31.2 Å². The largest absolute Gasteiger partial charge is 0.329 e. The molecule has 0 saturated carbocycles. The predicted octanol–water partition coefficient (Wildman–Crippen LogP) is 1.21. The summed E-state index contributed by atoms with van der Waals surface area (Å²) >= 11 is 0. The highest BCUT2D eigenvalue weighted by atomic mass is 14.7.